The van der Waals surface area contributed by atoms with Crippen LogP contribution in [0.4, 0.5) is 0 Å². The summed E-state index contributed by atoms with van der Waals surface area (Å²) in [5.74, 6) is 0.589. The van der Waals surface area contributed by atoms with Gasteiger partial charge >= 0.3 is 0 Å². The van der Waals surface area contributed by atoms with Crippen LogP contribution in [0.5, 0.6) is 5.75 Å². The monoisotopic (exact) mass is 340 g/mol. The van der Waals surface area contributed by atoms with Gasteiger partial charge in [-0.15, -0.1) is 0 Å². The highest BCUT2D eigenvalue weighted by atomic mass is 32.1. The Morgan fingerprint density at radius 2 is 2.04 bits per heavy atom. The molecule has 0 saturated carbocycles. The third-order valence-electron chi connectivity index (χ3n) is 4.01. The fraction of sp³-hybridized carbons (Fsp3) is 0.263. The first kappa shape index (κ1) is 16.5. The average molecular weight is 340 g/mol. The van der Waals surface area contributed by atoms with Crippen molar-refractivity contribution < 1.29 is 9.53 Å². The molecule has 5 heteroatoms. The van der Waals surface area contributed by atoms with Crippen LogP contribution in [0.3, 0.4) is 0 Å². The molecule has 1 aromatic heterocycles. The SMILES string of the molecule is CCn1c(=NC(=O)c2ccc(C)cc2C)sc2cccc(OC)c21. The summed E-state index contributed by atoms with van der Waals surface area (Å²) in [7, 11) is 1.66. The fourth-order valence-corrected chi connectivity index (χ4v) is 3.95. The van der Waals surface area contributed by atoms with Gasteiger partial charge < -0.3 is 9.30 Å². The normalized spacial score (nSPS) is 11.9. The molecule has 0 aliphatic carbocycles. The van der Waals surface area contributed by atoms with Crippen molar-refractivity contribution in [2.75, 3.05) is 7.11 Å². The second kappa shape index (κ2) is 6.61. The molecular formula is C19H20N2O2S. The number of hydrogen-bond acceptors (Lipinski definition) is 3. The van der Waals surface area contributed by atoms with Crippen LogP contribution in [0.15, 0.2) is 41.4 Å². The maximum absolute atomic E-state index is 12.6. The molecule has 0 saturated heterocycles. The summed E-state index contributed by atoms with van der Waals surface area (Å²) in [5, 5.41) is 0. The molecule has 2 aromatic carbocycles. The molecule has 3 rings (SSSR count). The summed E-state index contributed by atoms with van der Waals surface area (Å²) in [4.78, 5) is 17.7. The standard InChI is InChI=1S/C19H20N2O2S/c1-5-21-17-15(23-4)7-6-8-16(17)24-19(21)20-18(22)14-10-9-12(2)11-13(14)3/h6-11H,5H2,1-4H3. The summed E-state index contributed by atoms with van der Waals surface area (Å²) >= 11 is 1.51. The number of para-hydroxylation sites is 1. The lowest BCUT2D eigenvalue weighted by atomic mass is 10.1. The minimum Gasteiger partial charge on any atom is -0.495 e. The number of amides is 1. The van der Waals surface area contributed by atoms with Crippen LogP contribution in [-0.4, -0.2) is 17.6 Å². The minimum absolute atomic E-state index is 0.208. The van der Waals surface area contributed by atoms with Crippen LogP contribution in [0.2, 0.25) is 0 Å². The third kappa shape index (κ3) is 2.87. The third-order valence-corrected chi connectivity index (χ3v) is 5.05. The van der Waals surface area contributed by atoms with E-state index in [1.807, 2.05) is 61.7 Å². The highest BCUT2D eigenvalue weighted by Gasteiger charge is 2.13. The van der Waals surface area contributed by atoms with Gasteiger partial charge in [-0.25, -0.2) is 0 Å². The zero-order valence-corrected chi connectivity index (χ0v) is 15.1. The predicted molar refractivity (Wildman–Crippen MR) is 97.9 cm³/mol. The summed E-state index contributed by atoms with van der Waals surface area (Å²) < 4.78 is 8.55. The van der Waals surface area contributed by atoms with Crippen molar-refractivity contribution in [3.63, 3.8) is 0 Å². The number of rotatable bonds is 3. The number of methoxy groups -OCH3 is 1. The first-order valence-electron chi connectivity index (χ1n) is 7.87. The number of ether oxygens (including phenoxy) is 1. The molecule has 24 heavy (non-hydrogen) atoms. The largest absolute Gasteiger partial charge is 0.495 e. The van der Waals surface area contributed by atoms with E-state index in [1.54, 1.807) is 7.11 Å². The molecular weight excluding hydrogens is 320 g/mol. The number of hydrogen-bond donors (Lipinski definition) is 0. The number of thiazole rings is 1. The Morgan fingerprint density at radius 3 is 2.71 bits per heavy atom. The Bertz CT molecular complexity index is 983. The molecule has 0 aliphatic heterocycles. The molecule has 0 fully saturated rings. The number of carbonyl (C=O) groups excluding carboxylic acids is 1. The van der Waals surface area contributed by atoms with Crippen molar-refractivity contribution >= 4 is 27.5 Å². The molecule has 1 heterocycles. The number of benzene rings is 2. The Labute approximate surface area is 145 Å². The van der Waals surface area contributed by atoms with Crippen LogP contribution >= 0.6 is 11.3 Å². The van der Waals surface area contributed by atoms with Gasteiger partial charge in [0.05, 0.1) is 11.8 Å². The number of fused-ring (bicyclic) bond motifs is 1. The van der Waals surface area contributed by atoms with E-state index in [1.165, 1.54) is 11.3 Å². The van der Waals surface area contributed by atoms with Gasteiger partial charge in [-0.3, -0.25) is 4.79 Å². The average Bonchev–Trinajstić information content (AvgIpc) is 2.91. The minimum atomic E-state index is -0.208. The maximum Gasteiger partial charge on any atom is 0.279 e. The van der Waals surface area contributed by atoms with Gasteiger partial charge in [-0.05, 0) is 44.5 Å². The Balaban J connectivity index is 2.18. The highest BCUT2D eigenvalue weighted by molar-refractivity contribution is 7.16. The van der Waals surface area contributed by atoms with E-state index >= 15 is 0 Å². The van der Waals surface area contributed by atoms with Crippen LogP contribution in [0.1, 0.15) is 28.4 Å². The predicted octanol–water partition coefficient (Wildman–Crippen LogP) is 4.09. The zero-order chi connectivity index (χ0) is 17.3. The van der Waals surface area contributed by atoms with Crippen molar-refractivity contribution in [1.82, 2.24) is 4.57 Å². The van der Waals surface area contributed by atoms with Gasteiger partial charge in [0.1, 0.15) is 11.3 Å². The molecule has 3 aromatic rings. The summed E-state index contributed by atoms with van der Waals surface area (Å²) in [6.07, 6.45) is 0. The van der Waals surface area contributed by atoms with E-state index in [9.17, 15) is 4.79 Å². The van der Waals surface area contributed by atoms with Gasteiger partial charge in [0.25, 0.3) is 5.91 Å². The molecule has 0 aliphatic rings. The van der Waals surface area contributed by atoms with E-state index in [2.05, 4.69) is 4.99 Å². The van der Waals surface area contributed by atoms with Crippen LogP contribution < -0.4 is 9.54 Å². The van der Waals surface area contributed by atoms with E-state index < -0.39 is 0 Å². The summed E-state index contributed by atoms with van der Waals surface area (Å²) in [5.41, 5.74) is 3.72. The molecule has 0 atom stereocenters. The molecule has 0 N–H and O–H groups in total. The van der Waals surface area contributed by atoms with E-state index in [-0.39, 0.29) is 5.91 Å². The van der Waals surface area contributed by atoms with Crippen molar-refractivity contribution in [2.45, 2.75) is 27.3 Å². The summed E-state index contributed by atoms with van der Waals surface area (Å²) in [6.45, 7) is 6.72. The molecule has 1 amide bonds. The quantitative estimate of drug-likeness (QED) is 0.721. The second-order valence-corrected chi connectivity index (χ2v) is 6.68. The first-order chi connectivity index (χ1) is 11.5. The maximum atomic E-state index is 12.6. The lowest BCUT2D eigenvalue weighted by Gasteiger charge is -2.06. The molecule has 0 radical (unpaired) electrons. The highest BCUT2D eigenvalue weighted by Crippen LogP contribution is 2.27. The lowest BCUT2D eigenvalue weighted by Crippen LogP contribution is -2.16. The van der Waals surface area contributed by atoms with E-state index in [0.717, 1.165) is 33.6 Å². The Morgan fingerprint density at radius 1 is 1.25 bits per heavy atom. The fourth-order valence-electron chi connectivity index (χ4n) is 2.84. The van der Waals surface area contributed by atoms with Gasteiger partial charge in [-0.1, -0.05) is 35.1 Å². The van der Waals surface area contributed by atoms with Crippen molar-refractivity contribution in [3.05, 3.63) is 57.9 Å². The zero-order valence-electron chi connectivity index (χ0n) is 14.3. The molecule has 0 spiro atoms. The van der Waals surface area contributed by atoms with Crippen LogP contribution in [0, 0.1) is 13.8 Å². The number of nitrogens with zero attached hydrogens (tertiary/aromatic N) is 2. The van der Waals surface area contributed by atoms with E-state index in [0.29, 0.717) is 10.4 Å². The second-order valence-electron chi connectivity index (χ2n) is 5.67. The molecule has 4 nitrogen and oxygen atoms in total. The molecule has 0 bridgehead atoms. The van der Waals surface area contributed by atoms with Gasteiger partial charge in [-0.2, -0.15) is 4.99 Å². The number of aryl methyl sites for hydroxylation is 3. The summed E-state index contributed by atoms with van der Waals surface area (Å²) in [6, 6.07) is 11.7. The van der Waals surface area contributed by atoms with E-state index in [4.69, 9.17) is 4.74 Å². The number of carbonyl (C=O) groups is 1. The van der Waals surface area contributed by atoms with Gasteiger partial charge in [0, 0.05) is 12.1 Å². The molecule has 124 valence electrons. The van der Waals surface area contributed by atoms with Gasteiger partial charge in [0.2, 0.25) is 0 Å². The van der Waals surface area contributed by atoms with Crippen molar-refractivity contribution in [2.24, 2.45) is 4.99 Å². The Kier molecular flexibility index (Phi) is 4.53. The lowest BCUT2D eigenvalue weighted by molar-refractivity contribution is 0.0997. The first-order valence-corrected chi connectivity index (χ1v) is 8.69. The van der Waals surface area contributed by atoms with Crippen molar-refractivity contribution in [3.8, 4) is 5.75 Å². The van der Waals surface area contributed by atoms with Gasteiger partial charge in [0.15, 0.2) is 4.80 Å². The Hall–Kier alpha value is -2.40. The molecule has 0 unspecified atom stereocenters. The topological polar surface area (TPSA) is 43.6 Å². The van der Waals surface area contributed by atoms with Crippen LogP contribution in [-0.2, 0) is 6.54 Å². The van der Waals surface area contributed by atoms with Crippen LogP contribution in [0.25, 0.3) is 10.2 Å². The van der Waals surface area contributed by atoms with Crippen molar-refractivity contribution in [1.29, 1.82) is 0 Å². The number of aromatic nitrogens is 1. The smallest absolute Gasteiger partial charge is 0.279 e.